The maximum atomic E-state index is 12.6. The summed E-state index contributed by atoms with van der Waals surface area (Å²) in [5, 5.41) is 1.62. The fourth-order valence-electron chi connectivity index (χ4n) is 2.88. The van der Waals surface area contributed by atoms with Crippen molar-refractivity contribution in [3.8, 4) is 0 Å². The molecule has 0 radical (unpaired) electrons. The third-order valence-corrected chi connectivity index (χ3v) is 4.85. The summed E-state index contributed by atoms with van der Waals surface area (Å²) in [6, 6.07) is 21.0. The minimum absolute atomic E-state index is 0.234. The number of imide groups is 1. The number of rotatable bonds is 2. The van der Waals surface area contributed by atoms with Gasteiger partial charge in [0.15, 0.2) is 0 Å². The van der Waals surface area contributed by atoms with E-state index in [-0.39, 0.29) is 11.1 Å². The van der Waals surface area contributed by atoms with Crippen molar-refractivity contribution in [2.24, 2.45) is 0 Å². The fourth-order valence-corrected chi connectivity index (χ4v) is 3.67. The molecule has 0 atom stereocenters. The first kappa shape index (κ1) is 14.0. The molecule has 23 heavy (non-hydrogen) atoms. The van der Waals surface area contributed by atoms with Gasteiger partial charge in [-0.05, 0) is 23.1 Å². The first-order valence-corrected chi connectivity index (χ1v) is 8.31. The van der Waals surface area contributed by atoms with Gasteiger partial charge in [-0.1, -0.05) is 66.4 Å². The molecule has 0 fully saturated rings. The van der Waals surface area contributed by atoms with Gasteiger partial charge < -0.3 is 0 Å². The van der Waals surface area contributed by atoms with Crippen LogP contribution in [0.2, 0.25) is 0 Å². The number of hydrogen-bond acceptors (Lipinski definition) is 3. The number of benzene rings is 3. The monoisotopic (exact) mass is 319 g/mol. The number of hydrogen-bond donors (Lipinski definition) is 0. The van der Waals surface area contributed by atoms with Crippen LogP contribution in [0.5, 0.6) is 0 Å². The van der Waals surface area contributed by atoms with Crippen LogP contribution in [0, 0.1) is 0 Å². The molecule has 3 nitrogen and oxygen atoms in total. The van der Waals surface area contributed by atoms with E-state index >= 15 is 0 Å². The van der Waals surface area contributed by atoms with Crippen LogP contribution >= 0.6 is 11.8 Å². The van der Waals surface area contributed by atoms with Crippen molar-refractivity contribution in [3.63, 3.8) is 0 Å². The zero-order valence-electron chi connectivity index (χ0n) is 12.2. The van der Waals surface area contributed by atoms with Crippen molar-refractivity contribution < 1.29 is 9.59 Å². The fraction of sp³-hybridized carbons (Fsp3) is 0.0526. The lowest BCUT2D eigenvalue weighted by atomic mass is 10.1. The molecule has 1 heterocycles. The van der Waals surface area contributed by atoms with Crippen LogP contribution in [-0.2, 0) is 5.75 Å². The Morgan fingerprint density at radius 2 is 1.65 bits per heavy atom. The van der Waals surface area contributed by atoms with Crippen LogP contribution in [0.1, 0.15) is 15.9 Å². The highest BCUT2D eigenvalue weighted by atomic mass is 32.2. The summed E-state index contributed by atoms with van der Waals surface area (Å²) in [5.74, 6) is 0.317. The molecule has 3 aromatic carbocycles. The van der Waals surface area contributed by atoms with Gasteiger partial charge in [0.2, 0.25) is 0 Å². The summed E-state index contributed by atoms with van der Waals surface area (Å²) < 4.78 is 0. The highest BCUT2D eigenvalue weighted by Gasteiger charge is 2.34. The number of carbonyl (C=O) groups is 2. The summed E-state index contributed by atoms with van der Waals surface area (Å²) in [6.07, 6.45) is 0. The minimum atomic E-state index is -0.234. The van der Waals surface area contributed by atoms with Crippen molar-refractivity contribution in [3.05, 3.63) is 77.9 Å². The van der Waals surface area contributed by atoms with Gasteiger partial charge in [0.1, 0.15) is 0 Å². The molecule has 4 heteroatoms. The van der Waals surface area contributed by atoms with E-state index in [2.05, 4.69) is 0 Å². The Morgan fingerprint density at radius 3 is 2.43 bits per heavy atom. The predicted octanol–water partition coefficient (Wildman–Crippen LogP) is 4.85. The normalized spacial score (nSPS) is 12.9. The van der Waals surface area contributed by atoms with E-state index in [1.54, 1.807) is 6.07 Å². The van der Waals surface area contributed by atoms with Crippen molar-refractivity contribution in [2.75, 3.05) is 4.90 Å². The molecule has 4 rings (SSSR count). The van der Waals surface area contributed by atoms with Crippen LogP contribution in [0.4, 0.5) is 10.5 Å². The Labute approximate surface area is 137 Å². The number of nitrogens with zero attached hydrogens (tertiary/aromatic N) is 1. The zero-order valence-corrected chi connectivity index (χ0v) is 13.0. The van der Waals surface area contributed by atoms with E-state index < -0.39 is 0 Å². The molecule has 1 aliphatic heterocycles. The van der Waals surface area contributed by atoms with Crippen molar-refractivity contribution in [1.29, 1.82) is 0 Å². The van der Waals surface area contributed by atoms with E-state index in [1.165, 1.54) is 4.90 Å². The van der Waals surface area contributed by atoms with Crippen LogP contribution < -0.4 is 4.90 Å². The maximum Gasteiger partial charge on any atom is 0.293 e. The van der Waals surface area contributed by atoms with Crippen LogP contribution in [0.25, 0.3) is 10.8 Å². The summed E-state index contributed by atoms with van der Waals surface area (Å²) in [4.78, 5) is 26.5. The topological polar surface area (TPSA) is 37.4 Å². The molecule has 0 aliphatic carbocycles. The predicted molar refractivity (Wildman–Crippen MR) is 93.9 cm³/mol. The molecule has 0 N–H and O–H groups in total. The van der Waals surface area contributed by atoms with E-state index in [4.69, 9.17) is 0 Å². The number of anilines is 1. The van der Waals surface area contributed by atoms with E-state index in [0.29, 0.717) is 17.0 Å². The van der Waals surface area contributed by atoms with Gasteiger partial charge in [0, 0.05) is 11.1 Å². The minimum Gasteiger partial charge on any atom is -0.268 e. The molecular weight excluding hydrogens is 306 g/mol. The first-order chi connectivity index (χ1) is 11.3. The zero-order chi connectivity index (χ0) is 15.8. The molecule has 0 unspecified atom stereocenters. The summed E-state index contributed by atoms with van der Waals surface area (Å²) >= 11 is 1.15. The summed E-state index contributed by atoms with van der Waals surface area (Å²) in [5.41, 5.74) is 2.36. The lowest BCUT2D eigenvalue weighted by molar-refractivity contribution is 0.100. The van der Waals surface area contributed by atoms with Gasteiger partial charge in [-0.25, -0.2) is 4.90 Å². The molecular formula is C19H13NO2S. The van der Waals surface area contributed by atoms with Crippen molar-refractivity contribution in [2.45, 2.75) is 5.75 Å². The van der Waals surface area contributed by atoms with E-state index in [0.717, 1.165) is 28.1 Å². The Morgan fingerprint density at radius 1 is 0.913 bits per heavy atom. The Kier molecular flexibility index (Phi) is 3.39. The maximum absolute atomic E-state index is 12.6. The number of thioether (sulfide) groups is 1. The molecule has 0 saturated heterocycles. The summed E-state index contributed by atoms with van der Waals surface area (Å²) in [7, 11) is 0. The number of carbonyl (C=O) groups excluding carboxylic acids is 2. The molecule has 0 saturated carbocycles. The Hall–Kier alpha value is -2.59. The van der Waals surface area contributed by atoms with Crippen molar-refractivity contribution >= 4 is 39.4 Å². The highest BCUT2D eigenvalue weighted by molar-refractivity contribution is 8.13. The molecule has 0 spiro atoms. The van der Waals surface area contributed by atoms with E-state index in [9.17, 15) is 9.59 Å². The van der Waals surface area contributed by atoms with Gasteiger partial charge >= 0.3 is 0 Å². The van der Waals surface area contributed by atoms with Crippen molar-refractivity contribution in [1.82, 2.24) is 0 Å². The molecule has 112 valence electrons. The molecule has 0 bridgehead atoms. The SMILES string of the molecule is O=C(SCc1ccccc1)N1C(=O)c2cccc3cccc1c23. The van der Waals surface area contributed by atoms with Gasteiger partial charge in [0.05, 0.1) is 11.3 Å². The largest absolute Gasteiger partial charge is 0.293 e. The standard InChI is InChI=1S/C19H13NO2S/c21-18-15-10-4-8-14-9-5-11-16(17(14)15)20(18)19(22)23-12-13-6-2-1-3-7-13/h1-11H,12H2. The van der Waals surface area contributed by atoms with Crippen LogP contribution in [-0.4, -0.2) is 11.1 Å². The Balaban J connectivity index is 1.64. The molecule has 1 aliphatic rings. The van der Waals surface area contributed by atoms with Gasteiger partial charge in [-0.3, -0.25) is 9.59 Å². The number of amides is 2. The Bertz CT molecular complexity index is 916. The third kappa shape index (κ3) is 2.32. The smallest absolute Gasteiger partial charge is 0.268 e. The third-order valence-electron chi connectivity index (χ3n) is 3.94. The van der Waals surface area contributed by atoms with E-state index in [1.807, 2.05) is 60.7 Å². The lowest BCUT2D eigenvalue weighted by Crippen LogP contribution is -2.30. The average Bonchev–Trinajstić information content (AvgIpc) is 2.88. The summed E-state index contributed by atoms with van der Waals surface area (Å²) in [6.45, 7) is 0. The second-order valence-corrected chi connectivity index (χ2v) is 6.29. The molecule has 0 aromatic heterocycles. The van der Waals surface area contributed by atoms with Crippen LogP contribution in [0.3, 0.4) is 0 Å². The quantitative estimate of drug-likeness (QED) is 0.677. The lowest BCUT2D eigenvalue weighted by Gasteiger charge is -2.15. The van der Waals surface area contributed by atoms with Crippen LogP contribution in [0.15, 0.2) is 66.7 Å². The van der Waals surface area contributed by atoms with Gasteiger partial charge in [0.25, 0.3) is 11.1 Å². The average molecular weight is 319 g/mol. The van der Waals surface area contributed by atoms with Gasteiger partial charge in [-0.15, -0.1) is 0 Å². The van der Waals surface area contributed by atoms with Gasteiger partial charge in [-0.2, -0.15) is 0 Å². The highest BCUT2D eigenvalue weighted by Crippen LogP contribution is 2.38. The second-order valence-electron chi connectivity index (χ2n) is 5.36. The second kappa shape index (κ2) is 5.56. The first-order valence-electron chi connectivity index (χ1n) is 7.32. The molecule has 2 amide bonds. The molecule has 3 aromatic rings.